The molecule has 0 fully saturated rings. The summed E-state index contributed by atoms with van der Waals surface area (Å²) in [5.41, 5.74) is 1.88. The van der Waals surface area contributed by atoms with E-state index in [0.717, 1.165) is 36.9 Å². The van der Waals surface area contributed by atoms with Crippen LogP contribution in [0, 0.1) is 5.92 Å². The molecular weight excluding hydrogens is 503 g/mol. The molecule has 0 amide bonds. The summed E-state index contributed by atoms with van der Waals surface area (Å²) in [5.74, 6) is 0.981. The number of hydrogen-bond donors (Lipinski definition) is 3. The van der Waals surface area contributed by atoms with Gasteiger partial charge in [0.1, 0.15) is 0 Å². The highest BCUT2D eigenvalue weighted by molar-refractivity contribution is 14.0. The zero-order valence-electron chi connectivity index (χ0n) is 17.4. The Bertz CT molecular complexity index is 737. The van der Waals surface area contributed by atoms with Crippen molar-refractivity contribution in [3.05, 3.63) is 29.8 Å². The number of benzene rings is 1. The minimum Gasteiger partial charge on any atom is -0.396 e. The van der Waals surface area contributed by atoms with Gasteiger partial charge in [0.05, 0.1) is 11.4 Å². The Labute approximate surface area is 192 Å². The second-order valence-corrected chi connectivity index (χ2v) is 9.09. The number of fused-ring (bicyclic) bond motifs is 1. The molecule has 0 saturated carbocycles. The molecule has 1 unspecified atom stereocenters. The van der Waals surface area contributed by atoms with E-state index < -0.39 is 10.0 Å². The largest absolute Gasteiger partial charge is 0.396 e. The van der Waals surface area contributed by atoms with E-state index in [9.17, 15) is 13.5 Å². The van der Waals surface area contributed by atoms with E-state index in [-0.39, 0.29) is 36.3 Å². The van der Waals surface area contributed by atoms with Crippen LogP contribution in [0.5, 0.6) is 0 Å². The van der Waals surface area contributed by atoms with Crippen molar-refractivity contribution >= 4 is 45.6 Å². The standard InChI is InChI=1S/C20H34N4O3S.HI/c1-3-7-17(11-14-25)16-23-20(21-4-2)22-12-15-28(26,27)24-13-10-18-8-5-6-9-19(18)24;/h5-6,8-9,17,25H,3-4,7,10-16H2,1-2H3,(H2,21,22,23);1H. The Morgan fingerprint density at radius 3 is 2.69 bits per heavy atom. The first-order valence-corrected chi connectivity index (χ1v) is 11.8. The molecule has 0 spiro atoms. The fourth-order valence-electron chi connectivity index (χ4n) is 3.49. The van der Waals surface area contributed by atoms with E-state index in [1.807, 2.05) is 31.2 Å². The third kappa shape index (κ3) is 7.93. The second kappa shape index (κ2) is 13.3. The molecule has 166 valence electrons. The molecule has 9 heteroatoms. The maximum atomic E-state index is 12.8. The average molecular weight is 538 g/mol. The predicted octanol–water partition coefficient (Wildman–Crippen LogP) is 2.35. The molecule has 0 radical (unpaired) electrons. The van der Waals surface area contributed by atoms with Crippen LogP contribution < -0.4 is 14.9 Å². The quantitative estimate of drug-likeness (QED) is 0.229. The van der Waals surface area contributed by atoms with Crippen molar-refractivity contribution in [2.45, 2.75) is 39.5 Å². The zero-order chi connectivity index (χ0) is 20.4. The summed E-state index contributed by atoms with van der Waals surface area (Å²) >= 11 is 0. The van der Waals surface area contributed by atoms with Crippen LogP contribution in [-0.2, 0) is 16.4 Å². The highest BCUT2D eigenvalue weighted by atomic mass is 127. The molecule has 2 rings (SSSR count). The monoisotopic (exact) mass is 538 g/mol. The van der Waals surface area contributed by atoms with Crippen molar-refractivity contribution in [1.82, 2.24) is 10.6 Å². The molecular formula is C20H35IN4O3S. The normalized spacial score (nSPS) is 14.9. The predicted molar refractivity (Wildman–Crippen MR) is 131 cm³/mol. The minimum absolute atomic E-state index is 0. The Morgan fingerprint density at radius 1 is 1.24 bits per heavy atom. The summed E-state index contributed by atoms with van der Waals surface area (Å²) in [6.45, 7) is 6.40. The summed E-state index contributed by atoms with van der Waals surface area (Å²) in [6, 6.07) is 7.67. The summed E-state index contributed by atoms with van der Waals surface area (Å²) < 4.78 is 27.1. The average Bonchev–Trinajstić information content (AvgIpc) is 3.11. The zero-order valence-corrected chi connectivity index (χ0v) is 20.6. The van der Waals surface area contributed by atoms with Gasteiger partial charge in [0.25, 0.3) is 0 Å². The number of aliphatic imine (C=N–C) groups is 1. The first-order valence-electron chi connectivity index (χ1n) is 10.2. The van der Waals surface area contributed by atoms with Crippen LogP contribution in [0.3, 0.4) is 0 Å². The van der Waals surface area contributed by atoms with Gasteiger partial charge in [0.15, 0.2) is 5.96 Å². The van der Waals surface area contributed by atoms with Gasteiger partial charge in [-0.25, -0.2) is 8.42 Å². The number of para-hydroxylation sites is 1. The van der Waals surface area contributed by atoms with Gasteiger partial charge in [0.2, 0.25) is 10.0 Å². The van der Waals surface area contributed by atoms with E-state index in [1.165, 1.54) is 4.31 Å². The third-order valence-electron chi connectivity index (χ3n) is 4.92. The Hall–Kier alpha value is -1.07. The SMILES string of the molecule is CCCC(CCO)CN=C(NCC)NCCS(=O)(=O)N1CCc2ccccc21.I. The molecule has 1 aliphatic heterocycles. The number of anilines is 1. The summed E-state index contributed by atoms with van der Waals surface area (Å²) in [4.78, 5) is 4.58. The van der Waals surface area contributed by atoms with Crippen LogP contribution >= 0.6 is 24.0 Å². The Kier molecular flexibility index (Phi) is 11.9. The number of halogens is 1. The summed E-state index contributed by atoms with van der Waals surface area (Å²) in [5, 5.41) is 15.5. The van der Waals surface area contributed by atoms with Gasteiger partial charge in [0, 0.05) is 32.8 Å². The molecule has 1 atom stereocenters. The number of sulfonamides is 1. The number of nitrogens with zero attached hydrogens (tertiary/aromatic N) is 2. The molecule has 29 heavy (non-hydrogen) atoms. The smallest absolute Gasteiger partial charge is 0.236 e. The Morgan fingerprint density at radius 2 is 2.00 bits per heavy atom. The summed E-state index contributed by atoms with van der Waals surface area (Å²) in [7, 11) is -3.38. The fraction of sp³-hybridized carbons (Fsp3) is 0.650. The van der Waals surface area contributed by atoms with Crippen LogP contribution in [0.25, 0.3) is 0 Å². The molecule has 1 heterocycles. The highest BCUT2D eigenvalue weighted by Crippen LogP contribution is 2.29. The van der Waals surface area contributed by atoms with E-state index in [4.69, 9.17) is 0 Å². The van der Waals surface area contributed by atoms with Crippen molar-refractivity contribution < 1.29 is 13.5 Å². The van der Waals surface area contributed by atoms with Crippen molar-refractivity contribution in [3.8, 4) is 0 Å². The number of hydrogen-bond acceptors (Lipinski definition) is 4. The third-order valence-corrected chi connectivity index (χ3v) is 6.69. The maximum absolute atomic E-state index is 12.8. The summed E-state index contributed by atoms with van der Waals surface area (Å²) in [6.07, 6.45) is 3.57. The molecule has 0 bridgehead atoms. The molecule has 0 saturated heterocycles. The first kappa shape index (κ1) is 26.0. The van der Waals surface area contributed by atoms with E-state index in [0.29, 0.717) is 38.1 Å². The number of aliphatic hydroxyl groups excluding tert-OH is 1. The van der Waals surface area contributed by atoms with Crippen molar-refractivity contribution in [2.75, 3.05) is 42.8 Å². The fourth-order valence-corrected chi connectivity index (χ4v) is 4.91. The van der Waals surface area contributed by atoms with Crippen LogP contribution in [0.1, 0.15) is 38.7 Å². The van der Waals surface area contributed by atoms with E-state index in [1.54, 1.807) is 0 Å². The number of aliphatic hydroxyl groups is 1. The lowest BCUT2D eigenvalue weighted by Crippen LogP contribution is -2.42. The van der Waals surface area contributed by atoms with Gasteiger partial charge >= 0.3 is 0 Å². The van der Waals surface area contributed by atoms with Crippen molar-refractivity contribution in [3.63, 3.8) is 0 Å². The highest BCUT2D eigenvalue weighted by Gasteiger charge is 2.28. The van der Waals surface area contributed by atoms with Gasteiger partial charge in [-0.1, -0.05) is 31.5 Å². The lowest BCUT2D eigenvalue weighted by atomic mass is 10.0. The molecule has 7 nitrogen and oxygen atoms in total. The number of guanidine groups is 1. The topological polar surface area (TPSA) is 94.0 Å². The molecule has 1 aromatic carbocycles. The molecule has 1 aromatic rings. The Balaban J connectivity index is 0.00000420. The van der Waals surface area contributed by atoms with Gasteiger partial charge in [-0.3, -0.25) is 9.30 Å². The minimum atomic E-state index is -3.38. The maximum Gasteiger partial charge on any atom is 0.236 e. The first-order chi connectivity index (χ1) is 13.5. The van der Waals surface area contributed by atoms with Crippen LogP contribution in [0.15, 0.2) is 29.3 Å². The number of nitrogens with one attached hydrogen (secondary N) is 2. The van der Waals surface area contributed by atoms with Crippen LogP contribution in [-0.4, -0.2) is 58.0 Å². The van der Waals surface area contributed by atoms with Crippen molar-refractivity contribution in [1.29, 1.82) is 0 Å². The molecule has 3 N–H and O–H groups in total. The van der Waals surface area contributed by atoms with E-state index in [2.05, 4.69) is 22.5 Å². The lowest BCUT2D eigenvalue weighted by Gasteiger charge is -2.20. The van der Waals surface area contributed by atoms with Gasteiger partial charge in [-0.15, -0.1) is 24.0 Å². The molecule has 0 aromatic heterocycles. The lowest BCUT2D eigenvalue weighted by molar-refractivity contribution is 0.253. The van der Waals surface area contributed by atoms with Crippen LogP contribution in [0.2, 0.25) is 0 Å². The molecule has 1 aliphatic rings. The van der Waals surface area contributed by atoms with E-state index >= 15 is 0 Å². The van der Waals surface area contributed by atoms with Crippen LogP contribution in [0.4, 0.5) is 5.69 Å². The van der Waals surface area contributed by atoms with Gasteiger partial charge in [-0.05, 0) is 43.7 Å². The molecule has 0 aliphatic carbocycles. The number of rotatable bonds is 11. The second-order valence-electron chi connectivity index (χ2n) is 7.08. The van der Waals surface area contributed by atoms with Gasteiger partial charge in [-0.2, -0.15) is 0 Å². The van der Waals surface area contributed by atoms with Gasteiger partial charge < -0.3 is 15.7 Å². The van der Waals surface area contributed by atoms with Crippen molar-refractivity contribution in [2.24, 2.45) is 10.9 Å².